The molecule has 0 radical (unpaired) electrons. The average Bonchev–Trinajstić information content (AvgIpc) is 2.87. The molecule has 3 rings (SSSR count). The van der Waals surface area contributed by atoms with E-state index < -0.39 is 23.3 Å². The number of hydrogen-bond donors (Lipinski definition) is 0. The molecule has 1 heterocycles. The molecule has 0 unspecified atom stereocenters. The summed E-state index contributed by atoms with van der Waals surface area (Å²) in [5, 5.41) is 0.561. The van der Waals surface area contributed by atoms with Gasteiger partial charge in [0.15, 0.2) is 0 Å². The van der Waals surface area contributed by atoms with Gasteiger partial charge in [0.1, 0.15) is 11.2 Å². The molecule has 25 heavy (non-hydrogen) atoms. The van der Waals surface area contributed by atoms with E-state index in [4.69, 9.17) is 21.1 Å². The van der Waals surface area contributed by atoms with Gasteiger partial charge in [-0.25, -0.2) is 4.79 Å². The summed E-state index contributed by atoms with van der Waals surface area (Å²) in [6.07, 6.45) is 0. The van der Waals surface area contributed by atoms with Crippen molar-refractivity contribution in [2.75, 3.05) is 7.11 Å². The predicted molar refractivity (Wildman–Crippen MR) is 94.8 cm³/mol. The van der Waals surface area contributed by atoms with E-state index in [0.717, 1.165) is 5.56 Å². The standard InChI is InChI=1S/C20H17ClO4/c1-12(18(22)24-3)17(13-8-10-14(21)11-9-13)20(2)15-6-4-5-7-16(15)25-19(20)23/h4-11,17H,1H2,2-3H3/t17-,20-/m0/s1. The van der Waals surface area contributed by atoms with Crippen LogP contribution in [0, 0.1) is 0 Å². The summed E-state index contributed by atoms with van der Waals surface area (Å²) in [7, 11) is 1.29. The predicted octanol–water partition coefficient (Wildman–Crippen LogP) is 4.03. The largest absolute Gasteiger partial charge is 0.466 e. The summed E-state index contributed by atoms with van der Waals surface area (Å²) in [6, 6.07) is 14.2. The molecule has 0 N–H and O–H groups in total. The van der Waals surface area contributed by atoms with Crippen molar-refractivity contribution in [2.24, 2.45) is 0 Å². The van der Waals surface area contributed by atoms with E-state index in [0.29, 0.717) is 16.3 Å². The second-order valence-electron chi connectivity index (χ2n) is 6.09. The highest BCUT2D eigenvalue weighted by Gasteiger charge is 2.53. The highest BCUT2D eigenvalue weighted by atomic mass is 35.5. The van der Waals surface area contributed by atoms with Crippen molar-refractivity contribution in [3.63, 3.8) is 0 Å². The van der Waals surface area contributed by atoms with Crippen molar-refractivity contribution in [1.82, 2.24) is 0 Å². The van der Waals surface area contributed by atoms with E-state index >= 15 is 0 Å². The first-order valence-corrected chi connectivity index (χ1v) is 8.11. The molecule has 5 heteroatoms. The molecule has 0 bridgehead atoms. The van der Waals surface area contributed by atoms with Crippen LogP contribution in [0.2, 0.25) is 5.02 Å². The normalized spacial score (nSPS) is 19.7. The molecular weight excluding hydrogens is 340 g/mol. The topological polar surface area (TPSA) is 52.6 Å². The first-order valence-electron chi connectivity index (χ1n) is 7.74. The molecule has 0 saturated heterocycles. The Kier molecular flexibility index (Phi) is 4.39. The fourth-order valence-corrected chi connectivity index (χ4v) is 3.49. The van der Waals surface area contributed by atoms with Crippen molar-refractivity contribution in [2.45, 2.75) is 18.3 Å². The van der Waals surface area contributed by atoms with E-state index in [2.05, 4.69) is 6.58 Å². The molecule has 2 atom stereocenters. The van der Waals surface area contributed by atoms with Crippen LogP contribution >= 0.6 is 11.6 Å². The Morgan fingerprint density at radius 1 is 1.20 bits per heavy atom. The van der Waals surface area contributed by atoms with Crippen molar-refractivity contribution < 1.29 is 19.1 Å². The van der Waals surface area contributed by atoms with Crippen LogP contribution in [-0.2, 0) is 19.7 Å². The van der Waals surface area contributed by atoms with Crippen molar-refractivity contribution in [1.29, 1.82) is 0 Å². The van der Waals surface area contributed by atoms with Crippen LogP contribution in [0.25, 0.3) is 0 Å². The van der Waals surface area contributed by atoms with Gasteiger partial charge in [-0.2, -0.15) is 0 Å². The minimum Gasteiger partial charge on any atom is -0.466 e. The zero-order valence-electron chi connectivity index (χ0n) is 13.9. The SMILES string of the molecule is C=C(C(=O)OC)[C@@H](c1ccc(Cl)cc1)[C@@]1(C)C(=O)Oc2ccccc21. The maximum Gasteiger partial charge on any atom is 0.333 e. The maximum atomic E-state index is 12.8. The zero-order valence-corrected chi connectivity index (χ0v) is 14.7. The number of fused-ring (bicyclic) bond motifs is 1. The lowest BCUT2D eigenvalue weighted by Crippen LogP contribution is -2.39. The molecule has 0 fully saturated rings. The number of halogens is 1. The average molecular weight is 357 g/mol. The Labute approximate surface area is 151 Å². The third-order valence-electron chi connectivity index (χ3n) is 4.65. The van der Waals surface area contributed by atoms with E-state index in [1.807, 2.05) is 12.1 Å². The van der Waals surface area contributed by atoms with Crippen molar-refractivity contribution in [3.8, 4) is 5.75 Å². The van der Waals surface area contributed by atoms with Crippen LogP contribution in [0.4, 0.5) is 0 Å². The van der Waals surface area contributed by atoms with Gasteiger partial charge in [0.25, 0.3) is 0 Å². The number of esters is 2. The van der Waals surface area contributed by atoms with Gasteiger partial charge < -0.3 is 9.47 Å². The highest BCUT2D eigenvalue weighted by Crippen LogP contribution is 2.51. The van der Waals surface area contributed by atoms with Crippen LogP contribution in [0.5, 0.6) is 5.75 Å². The molecule has 0 aromatic heterocycles. The molecule has 0 saturated carbocycles. The summed E-state index contributed by atoms with van der Waals surface area (Å²) >= 11 is 5.98. The smallest absolute Gasteiger partial charge is 0.333 e. The number of carbonyl (C=O) groups excluding carboxylic acids is 2. The monoisotopic (exact) mass is 356 g/mol. The molecule has 0 amide bonds. The van der Waals surface area contributed by atoms with Crippen molar-refractivity contribution in [3.05, 3.63) is 76.8 Å². The molecule has 1 aliphatic rings. The first-order chi connectivity index (χ1) is 11.9. The minimum atomic E-state index is -1.10. The van der Waals surface area contributed by atoms with Gasteiger partial charge in [-0.3, -0.25) is 4.79 Å². The molecule has 128 valence electrons. The lowest BCUT2D eigenvalue weighted by molar-refractivity contribution is -0.139. The zero-order chi connectivity index (χ0) is 18.2. The number of hydrogen-bond acceptors (Lipinski definition) is 4. The summed E-state index contributed by atoms with van der Waals surface area (Å²) in [5.41, 5.74) is 0.525. The maximum absolute atomic E-state index is 12.8. The number of methoxy groups -OCH3 is 1. The number of rotatable bonds is 4. The molecule has 1 aliphatic heterocycles. The quantitative estimate of drug-likeness (QED) is 0.471. The fourth-order valence-electron chi connectivity index (χ4n) is 3.36. The van der Waals surface area contributed by atoms with E-state index in [-0.39, 0.29) is 5.57 Å². The van der Waals surface area contributed by atoms with Crippen LogP contribution < -0.4 is 4.74 Å². The lowest BCUT2D eigenvalue weighted by Gasteiger charge is -2.32. The van der Waals surface area contributed by atoms with Crippen LogP contribution in [-0.4, -0.2) is 19.0 Å². The van der Waals surface area contributed by atoms with Gasteiger partial charge in [0.05, 0.1) is 7.11 Å². The summed E-state index contributed by atoms with van der Waals surface area (Å²) in [5.74, 6) is -1.16. The lowest BCUT2D eigenvalue weighted by atomic mass is 9.67. The molecule has 2 aromatic rings. The van der Waals surface area contributed by atoms with Gasteiger partial charge in [-0.05, 0) is 30.7 Å². The molecular formula is C20H17ClO4. The van der Waals surface area contributed by atoms with Gasteiger partial charge >= 0.3 is 11.9 Å². The molecule has 4 nitrogen and oxygen atoms in total. The second-order valence-corrected chi connectivity index (χ2v) is 6.53. The summed E-state index contributed by atoms with van der Waals surface area (Å²) < 4.78 is 10.3. The second kappa shape index (κ2) is 6.37. The van der Waals surface area contributed by atoms with Gasteiger partial charge in [-0.15, -0.1) is 0 Å². The summed E-state index contributed by atoms with van der Waals surface area (Å²) in [6.45, 7) is 5.66. The van der Waals surface area contributed by atoms with E-state index in [9.17, 15) is 9.59 Å². The Morgan fingerprint density at radius 3 is 2.48 bits per heavy atom. The minimum absolute atomic E-state index is 0.181. The number of benzene rings is 2. The van der Waals surface area contributed by atoms with Crippen LogP contribution in [0.15, 0.2) is 60.7 Å². The van der Waals surface area contributed by atoms with Gasteiger partial charge in [0, 0.05) is 22.1 Å². The Balaban J connectivity index is 2.21. The van der Waals surface area contributed by atoms with Crippen LogP contribution in [0.1, 0.15) is 24.0 Å². The van der Waals surface area contributed by atoms with Crippen LogP contribution in [0.3, 0.4) is 0 Å². The third kappa shape index (κ3) is 2.72. The Hall–Kier alpha value is -2.59. The van der Waals surface area contributed by atoms with E-state index in [1.165, 1.54) is 7.11 Å². The first kappa shape index (κ1) is 17.2. The fraction of sp³-hybridized carbons (Fsp3) is 0.200. The third-order valence-corrected chi connectivity index (χ3v) is 4.90. The molecule has 2 aromatic carbocycles. The van der Waals surface area contributed by atoms with Gasteiger partial charge in [-0.1, -0.05) is 48.5 Å². The number of ether oxygens (including phenoxy) is 2. The highest BCUT2D eigenvalue weighted by molar-refractivity contribution is 6.30. The summed E-state index contributed by atoms with van der Waals surface area (Å²) in [4.78, 5) is 25.0. The molecule has 0 spiro atoms. The van der Waals surface area contributed by atoms with E-state index in [1.54, 1.807) is 43.3 Å². The number of carbonyl (C=O) groups is 2. The Morgan fingerprint density at radius 2 is 1.84 bits per heavy atom. The molecule has 0 aliphatic carbocycles. The Bertz CT molecular complexity index is 856. The van der Waals surface area contributed by atoms with Crippen molar-refractivity contribution >= 4 is 23.5 Å². The number of para-hydroxylation sites is 1. The van der Waals surface area contributed by atoms with Gasteiger partial charge in [0.2, 0.25) is 0 Å².